The Morgan fingerprint density at radius 1 is 1.35 bits per heavy atom. The Labute approximate surface area is 107 Å². The fourth-order valence-corrected chi connectivity index (χ4v) is 3.34. The van der Waals surface area contributed by atoms with E-state index >= 15 is 0 Å². The van der Waals surface area contributed by atoms with E-state index in [0.717, 1.165) is 13.1 Å². The number of carbonyl (C=O) groups excluding carboxylic acids is 1. The standard InChI is InChI=1S/C13H23NO2S/c1-4-5-6-17(16)10-13(15)14-8-11(2)7-12(3)9-14/h4-5,11-12H,6-10H2,1-3H3/b5-4+/t11-,12-,17+/m1/s1. The lowest BCUT2D eigenvalue weighted by molar-refractivity contribution is -0.131. The Morgan fingerprint density at radius 2 is 1.94 bits per heavy atom. The maximum Gasteiger partial charge on any atom is 0.235 e. The number of carbonyl (C=O) groups is 1. The van der Waals surface area contributed by atoms with Crippen LogP contribution in [-0.2, 0) is 15.6 Å². The van der Waals surface area contributed by atoms with Gasteiger partial charge in [-0.25, -0.2) is 0 Å². The molecule has 3 atom stereocenters. The number of piperidine rings is 1. The summed E-state index contributed by atoms with van der Waals surface area (Å²) in [7, 11) is -1.05. The average molecular weight is 257 g/mol. The molecule has 1 amide bonds. The molecule has 1 aliphatic rings. The second-order valence-electron chi connectivity index (χ2n) is 5.06. The van der Waals surface area contributed by atoms with E-state index < -0.39 is 10.8 Å². The number of hydrogen-bond acceptors (Lipinski definition) is 2. The number of hydrogen-bond donors (Lipinski definition) is 0. The molecule has 0 saturated carbocycles. The van der Waals surface area contributed by atoms with Gasteiger partial charge in [-0.2, -0.15) is 0 Å². The van der Waals surface area contributed by atoms with Crippen molar-refractivity contribution in [1.82, 2.24) is 4.90 Å². The Morgan fingerprint density at radius 3 is 2.47 bits per heavy atom. The van der Waals surface area contributed by atoms with E-state index in [9.17, 15) is 9.00 Å². The molecule has 0 unspecified atom stereocenters. The van der Waals surface area contributed by atoms with Crippen LogP contribution in [0.15, 0.2) is 12.2 Å². The van der Waals surface area contributed by atoms with Gasteiger partial charge in [0.05, 0.1) is 0 Å². The van der Waals surface area contributed by atoms with E-state index in [1.165, 1.54) is 6.42 Å². The SMILES string of the molecule is C/C=C/C[S@](=O)CC(=O)N1C[C@H](C)C[C@@H](C)C1. The Bertz CT molecular complexity index is 305. The van der Waals surface area contributed by atoms with Gasteiger partial charge in [-0.15, -0.1) is 0 Å². The highest BCUT2D eigenvalue weighted by Gasteiger charge is 2.25. The molecule has 98 valence electrons. The Kier molecular flexibility index (Phi) is 5.89. The smallest absolute Gasteiger partial charge is 0.235 e. The van der Waals surface area contributed by atoms with Crippen LogP contribution in [-0.4, -0.2) is 39.6 Å². The lowest BCUT2D eigenvalue weighted by Gasteiger charge is -2.34. The van der Waals surface area contributed by atoms with Crippen molar-refractivity contribution in [2.75, 3.05) is 24.6 Å². The van der Waals surface area contributed by atoms with Crippen molar-refractivity contribution in [3.63, 3.8) is 0 Å². The van der Waals surface area contributed by atoms with Gasteiger partial charge >= 0.3 is 0 Å². The zero-order chi connectivity index (χ0) is 12.8. The monoisotopic (exact) mass is 257 g/mol. The van der Waals surface area contributed by atoms with Crippen LogP contribution in [0, 0.1) is 11.8 Å². The van der Waals surface area contributed by atoms with Gasteiger partial charge < -0.3 is 4.90 Å². The molecule has 0 aromatic rings. The molecule has 0 aromatic carbocycles. The van der Waals surface area contributed by atoms with Crippen LogP contribution in [0.5, 0.6) is 0 Å². The first-order chi connectivity index (χ1) is 8.02. The van der Waals surface area contributed by atoms with Gasteiger partial charge in [0, 0.05) is 29.6 Å². The summed E-state index contributed by atoms with van der Waals surface area (Å²) in [5.41, 5.74) is 0. The van der Waals surface area contributed by atoms with Gasteiger partial charge in [-0.3, -0.25) is 9.00 Å². The van der Waals surface area contributed by atoms with Crippen molar-refractivity contribution in [1.29, 1.82) is 0 Å². The maximum atomic E-state index is 12.0. The summed E-state index contributed by atoms with van der Waals surface area (Å²) in [5.74, 6) is 1.83. The second-order valence-corrected chi connectivity index (χ2v) is 6.57. The maximum absolute atomic E-state index is 12.0. The van der Waals surface area contributed by atoms with Crippen molar-refractivity contribution >= 4 is 16.7 Å². The van der Waals surface area contributed by atoms with Crippen LogP contribution in [0.4, 0.5) is 0 Å². The molecule has 1 fully saturated rings. The van der Waals surface area contributed by atoms with Crippen LogP contribution in [0.1, 0.15) is 27.2 Å². The van der Waals surface area contributed by atoms with E-state index in [1.807, 2.05) is 24.0 Å². The molecule has 0 spiro atoms. The summed E-state index contributed by atoms with van der Waals surface area (Å²) in [6.07, 6.45) is 4.91. The summed E-state index contributed by atoms with van der Waals surface area (Å²) in [4.78, 5) is 13.9. The van der Waals surface area contributed by atoms with Crippen LogP contribution >= 0.6 is 0 Å². The van der Waals surface area contributed by atoms with E-state index in [1.54, 1.807) is 0 Å². The van der Waals surface area contributed by atoms with Gasteiger partial charge in [0.1, 0.15) is 5.75 Å². The number of rotatable bonds is 4. The summed E-state index contributed by atoms with van der Waals surface area (Å²) in [6.45, 7) is 7.89. The number of allylic oxidation sites excluding steroid dienone is 1. The van der Waals surface area contributed by atoms with E-state index in [2.05, 4.69) is 13.8 Å². The van der Waals surface area contributed by atoms with Gasteiger partial charge in [0.2, 0.25) is 5.91 Å². The predicted octanol–water partition coefficient (Wildman–Crippen LogP) is 1.82. The van der Waals surface area contributed by atoms with Crippen LogP contribution in [0.3, 0.4) is 0 Å². The molecule has 0 radical (unpaired) electrons. The summed E-state index contributed by atoms with van der Waals surface area (Å²) in [5, 5.41) is 0. The minimum Gasteiger partial charge on any atom is -0.341 e. The lowest BCUT2D eigenvalue weighted by atomic mass is 9.92. The average Bonchev–Trinajstić information content (AvgIpc) is 2.25. The van der Waals surface area contributed by atoms with E-state index in [-0.39, 0.29) is 11.7 Å². The fourth-order valence-electron chi connectivity index (χ4n) is 2.36. The first kappa shape index (κ1) is 14.4. The quantitative estimate of drug-likeness (QED) is 0.720. The highest BCUT2D eigenvalue weighted by atomic mass is 32.2. The zero-order valence-electron chi connectivity index (χ0n) is 11.0. The largest absolute Gasteiger partial charge is 0.341 e. The number of amides is 1. The highest BCUT2D eigenvalue weighted by molar-refractivity contribution is 7.85. The highest BCUT2D eigenvalue weighted by Crippen LogP contribution is 2.20. The van der Waals surface area contributed by atoms with Crippen molar-refractivity contribution in [3.05, 3.63) is 12.2 Å². The molecule has 1 saturated heterocycles. The normalized spacial score (nSPS) is 27.4. The van der Waals surface area contributed by atoms with Crippen molar-refractivity contribution in [3.8, 4) is 0 Å². The zero-order valence-corrected chi connectivity index (χ0v) is 11.8. The molecule has 17 heavy (non-hydrogen) atoms. The van der Waals surface area contributed by atoms with Crippen molar-refractivity contribution in [2.45, 2.75) is 27.2 Å². The molecule has 1 rings (SSSR count). The first-order valence-electron chi connectivity index (χ1n) is 6.26. The Hall–Kier alpha value is -0.640. The lowest BCUT2D eigenvalue weighted by Crippen LogP contribution is -2.44. The molecular formula is C13H23NO2S. The third-order valence-corrected chi connectivity index (χ3v) is 4.16. The van der Waals surface area contributed by atoms with Crippen LogP contribution < -0.4 is 0 Å². The minimum atomic E-state index is -1.05. The topological polar surface area (TPSA) is 37.4 Å². The van der Waals surface area contributed by atoms with Gasteiger partial charge in [-0.1, -0.05) is 26.0 Å². The van der Waals surface area contributed by atoms with Crippen LogP contribution in [0.2, 0.25) is 0 Å². The minimum absolute atomic E-state index is 0.0474. The predicted molar refractivity (Wildman–Crippen MR) is 72.2 cm³/mol. The van der Waals surface area contributed by atoms with Gasteiger partial charge in [0.25, 0.3) is 0 Å². The molecule has 0 aliphatic carbocycles. The summed E-state index contributed by atoms with van der Waals surface area (Å²) >= 11 is 0. The number of nitrogens with zero attached hydrogens (tertiary/aromatic N) is 1. The first-order valence-corrected chi connectivity index (χ1v) is 7.75. The second kappa shape index (κ2) is 6.94. The summed E-state index contributed by atoms with van der Waals surface area (Å²) in [6, 6.07) is 0. The van der Waals surface area contributed by atoms with Gasteiger partial charge in [0.15, 0.2) is 0 Å². The van der Waals surface area contributed by atoms with Crippen molar-refractivity contribution in [2.24, 2.45) is 11.8 Å². The van der Waals surface area contributed by atoms with Crippen molar-refractivity contribution < 1.29 is 9.00 Å². The third-order valence-electron chi connectivity index (χ3n) is 3.02. The molecule has 1 heterocycles. The fraction of sp³-hybridized carbons (Fsp3) is 0.769. The molecule has 0 bridgehead atoms. The van der Waals surface area contributed by atoms with Crippen LogP contribution in [0.25, 0.3) is 0 Å². The third kappa shape index (κ3) is 5.02. The molecule has 0 N–H and O–H groups in total. The van der Waals surface area contributed by atoms with Gasteiger partial charge in [-0.05, 0) is 25.2 Å². The Balaban J connectivity index is 2.44. The molecular weight excluding hydrogens is 234 g/mol. The van der Waals surface area contributed by atoms with E-state index in [4.69, 9.17) is 0 Å². The molecule has 3 nitrogen and oxygen atoms in total. The molecule has 4 heteroatoms. The van der Waals surface area contributed by atoms with E-state index in [0.29, 0.717) is 17.6 Å². The number of likely N-dealkylation sites (tertiary alicyclic amines) is 1. The molecule has 0 aromatic heterocycles. The summed E-state index contributed by atoms with van der Waals surface area (Å²) < 4.78 is 11.6. The molecule has 1 aliphatic heterocycles.